The van der Waals surface area contributed by atoms with E-state index < -0.39 is 15.7 Å². The van der Waals surface area contributed by atoms with Crippen LogP contribution in [0.4, 0.5) is 4.39 Å². The molecule has 1 heterocycles. The number of halogens is 2. The minimum absolute atomic E-state index is 0. The van der Waals surface area contributed by atoms with Crippen LogP contribution in [0.15, 0.2) is 35.6 Å². The van der Waals surface area contributed by atoms with Gasteiger partial charge in [0.2, 0.25) is 0 Å². The lowest BCUT2D eigenvalue weighted by molar-refractivity contribution is 0.588. The van der Waals surface area contributed by atoms with Crippen LogP contribution in [0.1, 0.15) is 36.7 Å². The number of hydrogen-bond donors (Lipinski definition) is 2. The molecule has 0 saturated carbocycles. The maximum Gasteiger partial charge on any atom is 0.191 e. The molecule has 30 heavy (non-hydrogen) atoms. The van der Waals surface area contributed by atoms with Crippen molar-refractivity contribution in [3.05, 3.63) is 53.4 Å². The summed E-state index contributed by atoms with van der Waals surface area (Å²) in [5, 5.41) is 6.43. The summed E-state index contributed by atoms with van der Waals surface area (Å²) in [6, 6.07) is 4.14. The van der Waals surface area contributed by atoms with E-state index in [2.05, 4.69) is 25.2 Å². The van der Waals surface area contributed by atoms with E-state index in [1.54, 1.807) is 6.20 Å². The van der Waals surface area contributed by atoms with Crippen molar-refractivity contribution >= 4 is 39.8 Å². The Labute approximate surface area is 195 Å². The summed E-state index contributed by atoms with van der Waals surface area (Å²) in [7, 11) is -3.21. The van der Waals surface area contributed by atoms with Crippen LogP contribution in [0.3, 0.4) is 0 Å². The Kier molecular flexibility index (Phi) is 11.3. The monoisotopic (exact) mass is 551 g/mol. The molecule has 1 aromatic heterocycles. The molecular weight excluding hydrogens is 520 g/mol. The quantitative estimate of drug-likeness (QED) is 0.205. The molecule has 0 aliphatic rings. The number of hydrogen-bond acceptors (Lipinski definition) is 4. The maximum absolute atomic E-state index is 13.6. The highest BCUT2D eigenvalue weighted by atomic mass is 127. The van der Waals surface area contributed by atoms with Crippen LogP contribution in [0.25, 0.3) is 0 Å². The second-order valence-electron chi connectivity index (χ2n) is 6.98. The molecule has 2 aromatic rings. The third kappa shape index (κ3) is 9.41. The molecule has 0 unspecified atom stereocenters. The van der Waals surface area contributed by atoms with E-state index >= 15 is 0 Å². The van der Waals surface area contributed by atoms with Gasteiger partial charge < -0.3 is 15.2 Å². The summed E-state index contributed by atoms with van der Waals surface area (Å²) < 4.78 is 39.0. The number of aryl methyl sites for hydroxylation is 2. The number of nitrogens with zero attached hydrogens (tertiary/aromatic N) is 3. The lowest BCUT2D eigenvalue weighted by Gasteiger charge is -2.13. The van der Waals surface area contributed by atoms with Crippen LogP contribution in [-0.4, -0.2) is 43.3 Å². The molecule has 1 aromatic carbocycles. The van der Waals surface area contributed by atoms with Crippen LogP contribution in [0.5, 0.6) is 0 Å². The van der Waals surface area contributed by atoms with Crippen LogP contribution in [0, 0.1) is 12.7 Å². The van der Waals surface area contributed by atoms with E-state index in [4.69, 9.17) is 0 Å². The second-order valence-corrected chi connectivity index (χ2v) is 9.12. The van der Waals surface area contributed by atoms with Crippen LogP contribution in [-0.2, 0) is 28.7 Å². The number of rotatable bonds is 10. The minimum atomic E-state index is -3.21. The standard InChI is InChI=1S/C20H30FN5O2S.HI/c1-4-22-20(24-9-5-6-11-26-12-10-23-16(26)2)25-14-18-13-19(21)8-7-17(18)15-29(3,27)28;/h7-8,10,12-13H,4-6,9,11,14-15H2,1-3H3,(H2,22,24,25);1H. The van der Waals surface area contributed by atoms with Gasteiger partial charge in [-0.1, -0.05) is 6.07 Å². The van der Waals surface area contributed by atoms with Crippen molar-refractivity contribution in [1.82, 2.24) is 20.2 Å². The first kappa shape index (κ1) is 26.3. The number of guanidine groups is 1. The highest BCUT2D eigenvalue weighted by Gasteiger charge is 2.10. The molecule has 0 bridgehead atoms. The van der Waals surface area contributed by atoms with Crippen molar-refractivity contribution in [2.24, 2.45) is 4.99 Å². The Bertz CT molecular complexity index is 931. The molecule has 0 amide bonds. The average Bonchev–Trinajstić information content (AvgIpc) is 3.05. The number of aliphatic imine (C=N–C) groups is 1. The number of aromatic nitrogens is 2. The van der Waals surface area contributed by atoms with Crippen molar-refractivity contribution in [3.63, 3.8) is 0 Å². The molecular formula is C20H31FIN5O2S. The van der Waals surface area contributed by atoms with Gasteiger partial charge in [0.15, 0.2) is 15.8 Å². The predicted molar refractivity (Wildman–Crippen MR) is 129 cm³/mol. The van der Waals surface area contributed by atoms with E-state index in [9.17, 15) is 12.8 Å². The van der Waals surface area contributed by atoms with E-state index in [0.717, 1.165) is 31.8 Å². The number of imidazole rings is 1. The zero-order valence-electron chi connectivity index (χ0n) is 17.7. The Morgan fingerprint density at radius 1 is 1.23 bits per heavy atom. The first-order valence-corrected chi connectivity index (χ1v) is 11.8. The topological polar surface area (TPSA) is 88.4 Å². The molecule has 0 spiro atoms. The van der Waals surface area contributed by atoms with E-state index in [1.165, 1.54) is 24.5 Å². The number of sulfone groups is 1. The van der Waals surface area contributed by atoms with Gasteiger partial charge in [0.05, 0.1) is 12.3 Å². The predicted octanol–water partition coefficient (Wildman–Crippen LogP) is 3.03. The fourth-order valence-corrected chi connectivity index (χ4v) is 3.77. The first-order chi connectivity index (χ1) is 13.8. The van der Waals surface area contributed by atoms with Gasteiger partial charge in [0, 0.05) is 38.3 Å². The molecule has 2 N–H and O–H groups in total. The molecule has 10 heteroatoms. The van der Waals surface area contributed by atoms with Gasteiger partial charge >= 0.3 is 0 Å². The summed E-state index contributed by atoms with van der Waals surface area (Å²) in [4.78, 5) is 8.71. The molecule has 7 nitrogen and oxygen atoms in total. The Hall–Kier alpha value is -1.69. The summed E-state index contributed by atoms with van der Waals surface area (Å²) in [6.07, 6.45) is 6.91. The third-order valence-corrected chi connectivity index (χ3v) is 5.22. The van der Waals surface area contributed by atoms with Crippen molar-refractivity contribution in [3.8, 4) is 0 Å². The van der Waals surface area contributed by atoms with Gasteiger partial charge in [-0.15, -0.1) is 24.0 Å². The van der Waals surface area contributed by atoms with E-state index in [-0.39, 0.29) is 36.3 Å². The lowest BCUT2D eigenvalue weighted by Crippen LogP contribution is -2.37. The van der Waals surface area contributed by atoms with Crippen LogP contribution < -0.4 is 10.6 Å². The normalized spacial score (nSPS) is 11.8. The molecule has 0 fully saturated rings. The SMILES string of the molecule is CCNC(=NCc1cc(F)ccc1CS(C)(=O)=O)NCCCCn1ccnc1C.I. The first-order valence-electron chi connectivity index (χ1n) is 9.73. The molecule has 0 saturated heterocycles. The smallest absolute Gasteiger partial charge is 0.191 e. The van der Waals surface area contributed by atoms with Crippen molar-refractivity contribution in [1.29, 1.82) is 0 Å². The molecule has 168 valence electrons. The Morgan fingerprint density at radius 3 is 2.63 bits per heavy atom. The highest BCUT2D eigenvalue weighted by molar-refractivity contribution is 14.0. The molecule has 2 rings (SSSR count). The fourth-order valence-electron chi connectivity index (χ4n) is 2.92. The van der Waals surface area contributed by atoms with Gasteiger partial charge in [-0.2, -0.15) is 0 Å². The highest BCUT2D eigenvalue weighted by Crippen LogP contribution is 2.15. The number of unbranched alkanes of at least 4 members (excludes halogenated alkanes) is 1. The van der Waals surface area contributed by atoms with Gasteiger partial charge in [0.1, 0.15) is 11.6 Å². The van der Waals surface area contributed by atoms with Gasteiger partial charge in [-0.05, 0) is 49.9 Å². The second kappa shape index (κ2) is 12.9. The van der Waals surface area contributed by atoms with E-state index in [0.29, 0.717) is 23.6 Å². The lowest BCUT2D eigenvalue weighted by atomic mass is 10.1. The summed E-state index contributed by atoms with van der Waals surface area (Å²) in [5.74, 6) is 1.10. The largest absolute Gasteiger partial charge is 0.357 e. The van der Waals surface area contributed by atoms with Crippen molar-refractivity contribution < 1.29 is 12.8 Å². The van der Waals surface area contributed by atoms with Gasteiger partial charge in [-0.3, -0.25) is 0 Å². The molecule has 0 radical (unpaired) electrons. The Morgan fingerprint density at radius 2 is 2.00 bits per heavy atom. The summed E-state index contributed by atoms with van der Waals surface area (Å²) in [6.45, 7) is 6.51. The van der Waals surface area contributed by atoms with Crippen LogP contribution >= 0.6 is 24.0 Å². The van der Waals surface area contributed by atoms with Crippen molar-refractivity contribution in [2.45, 2.75) is 45.5 Å². The molecule has 0 aliphatic carbocycles. The summed E-state index contributed by atoms with van der Waals surface area (Å²) in [5.41, 5.74) is 1.15. The van der Waals surface area contributed by atoms with Crippen LogP contribution in [0.2, 0.25) is 0 Å². The zero-order valence-corrected chi connectivity index (χ0v) is 20.8. The minimum Gasteiger partial charge on any atom is -0.357 e. The maximum atomic E-state index is 13.6. The van der Waals surface area contributed by atoms with Gasteiger partial charge in [0.25, 0.3) is 0 Å². The zero-order chi connectivity index (χ0) is 21.3. The Balaban J connectivity index is 0.00000450. The molecule has 0 aliphatic heterocycles. The molecule has 0 atom stereocenters. The van der Waals surface area contributed by atoms with E-state index in [1.807, 2.05) is 20.0 Å². The number of benzene rings is 1. The number of nitrogens with one attached hydrogen (secondary N) is 2. The van der Waals surface area contributed by atoms with Gasteiger partial charge in [-0.25, -0.2) is 22.8 Å². The fraction of sp³-hybridized carbons (Fsp3) is 0.500. The summed E-state index contributed by atoms with van der Waals surface area (Å²) >= 11 is 0. The van der Waals surface area contributed by atoms with Crippen molar-refractivity contribution in [2.75, 3.05) is 19.3 Å². The average molecular weight is 551 g/mol. The third-order valence-electron chi connectivity index (χ3n) is 4.38.